The highest BCUT2D eigenvalue weighted by molar-refractivity contribution is 5.84. The predicted molar refractivity (Wildman–Crippen MR) is 113 cm³/mol. The van der Waals surface area contributed by atoms with E-state index in [0.717, 1.165) is 5.52 Å². The fraction of sp³-hybridized carbons (Fsp3) is 0.318. The van der Waals surface area contributed by atoms with Crippen molar-refractivity contribution in [3.63, 3.8) is 0 Å². The van der Waals surface area contributed by atoms with Crippen molar-refractivity contribution in [3.8, 4) is 17.0 Å². The van der Waals surface area contributed by atoms with Crippen LogP contribution in [0.2, 0.25) is 0 Å². The number of aliphatic hydroxyl groups is 1. The van der Waals surface area contributed by atoms with Crippen molar-refractivity contribution in [3.05, 3.63) is 48.5 Å². The van der Waals surface area contributed by atoms with Crippen LogP contribution in [0.4, 0.5) is 13.2 Å². The highest BCUT2D eigenvalue weighted by Gasteiger charge is 2.37. The van der Waals surface area contributed by atoms with E-state index in [-0.39, 0.29) is 18.2 Å². The zero-order valence-corrected chi connectivity index (χ0v) is 17.5. The second kappa shape index (κ2) is 7.77. The molecule has 2 N–H and O–H groups in total. The van der Waals surface area contributed by atoms with Crippen molar-refractivity contribution in [2.45, 2.75) is 31.7 Å². The third kappa shape index (κ3) is 3.88. The Bertz CT molecular complexity index is 1330. The van der Waals surface area contributed by atoms with Crippen molar-refractivity contribution in [2.75, 3.05) is 13.2 Å². The number of aromatic nitrogens is 4. The molecule has 0 radical (unpaired) electrons. The van der Waals surface area contributed by atoms with Gasteiger partial charge >= 0.3 is 6.18 Å². The molecular weight excluding hydrogens is 439 g/mol. The average Bonchev–Trinajstić information content (AvgIpc) is 3.47. The molecule has 1 fully saturated rings. The summed E-state index contributed by atoms with van der Waals surface area (Å²) in [6.45, 7) is 0.301. The number of β-amino-alcohol motifs (C(OH)–C–C–N with tert-alkyl or cyclic N) is 1. The van der Waals surface area contributed by atoms with Gasteiger partial charge in [-0.2, -0.15) is 13.2 Å². The van der Waals surface area contributed by atoms with Gasteiger partial charge in [0.1, 0.15) is 11.6 Å². The van der Waals surface area contributed by atoms with Crippen LogP contribution in [0.5, 0.6) is 5.75 Å². The number of H-pyrrole nitrogens is 1. The Kier molecular flexibility index (Phi) is 5.00. The van der Waals surface area contributed by atoms with Gasteiger partial charge < -0.3 is 19.7 Å². The van der Waals surface area contributed by atoms with Crippen LogP contribution in [0, 0.1) is 0 Å². The van der Waals surface area contributed by atoms with Crippen molar-refractivity contribution in [1.82, 2.24) is 24.3 Å². The molecule has 2 unspecified atom stereocenters. The zero-order chi connectivity index (χ0) is 23.3. The lowest BCUT2D eigenvalue weighted by molar-refractivity contribution is -0.153. The number of aromatic amines is 1. The van der Waals surface area contributed by atoms with E-state index in [1.807, 2.05) is 10.5 Å². The normalized spacial score (nSPS) is 19.0. The monoisotopic (exact) mass is 459 g/mol. The molecule has 1 aliphatic rings. The molecule has 1 aliphatic heterocycles. The van der Waals surface area contributed by atoms with Crippen molar-refractivity contribution in [2.24, 2.45) is 0 Å². The van der Waals surface area contributed by atoms with Gasteiger partial charge in [-0.25, -0.2) is 9.97 Å². The number of aliphatic hydroxyl groups excluding tert-OH is 1. The van der Waals surface area contributed by atoms with E-state index in [2.05, 4.69) is 9.97 Å². The molecule has 0 spiro atoms. The maximum absolute atomic E-state index is 12.4. The summed E-state index contributed by atoms with van der Waals surface area (Å²) in [6, 6.07) is 7.58. The molecule has 0 saturated carbocycles. The number of alkyl halides is 3. The number of fused-ring (bicyclic) bond motifs is 3. The third-order valence-corrected chi connectivity index (χ3v) is 5.71. The second-order valence-corrected chi connectivity index (χ2v) is 8.01. The van der Waals surface area contributed by atoms with Crippen LogP contribution in [0.25, 0.3) is 27.9 Å². The van der Waals surface area contributed by atoms with Gasteiger partial charge in [0.25, 0.3) is 0 Å². The molecule has 172 valence electrons. The lowest BCUT2D eigenvalue weighted by atomic mass is 10.1. The number of ether oxygens (including phenoxy) is 1. The number of halogens is 3. The number of imidazole rings is 1. The molecule has 4 heterocycles. The molecule has 2 atom stereocenters. The molecule has 3 aromatic heterocycles. The molecular formula is C22H20F3N5O3. The fourth-order valence-electron chi connectivity index (χ4n) is 4.30. The van der Waals surface area contributed by atoms with E-state index in [1.54, 1.807) is 29.4 Å². The van der Waals surface area contributed by atoms with Gasteiger partial charge in [-0.1, -0.05) is 0 Å². The van der Waals surface area contributed by atoms with Crippen LogP contribution in [-0.2, 0) is 4.79 Å². The fourth-order valence-corrected chi connectivity index (χ4v) is 4.30. The maximum Gasteiger partial charge on any atom is 0.422 e. The number of amides is 1. The summed E-state index contributed by atoms with van der Waals surface area (Å²) in [5, 5.41) is 10.2. The van der Waals surface area contributed by atoms with E-state index in [4.69, 9.17) is 9.72 Å². The van der Waals surface area contributed by atoms with Crippen LogP contribution >= 0.6 is 0 Å². The predicted octanol–water partition coefficient (Wildman–Crippen LogP) is 3.47. The highest BCUT2D eigenvalue weighted by Crippen LogP contribution is 2.37. The molecule has 33 heavy (non-hydrogen) atoms. The number of carbonyl (C=O) groups is 1. The summed E-state index contributed by atoms with van der Waals surface area (Å²) in [4.78, 5) is 26.2. The zero-order valence-electron chi connectivity index (χ0n) is 17.5. The number of benzene rings is 1. The van der Waals surface area contributed by atoms with Gasteiger partial charge in [0.15, 0.2) is 12.3 Å². The maximum atomic E-state index is 12.4. The van der Waals surface area contributed by atoms with E-state index in [9.17, 15) is 23.1 Å². The number of nitrogens with zero attached hydrogens (tertiary/aromatic N) is 4. The summed E-state index contributed by atoms with van der Waals surface area (Å²) in [5.74, 6) is 0.504. The minimum atomic E-state index is -4.42. The van der Waals surface area contributed by atoms with Gasteiger partial charge in [-0.3, -0.25) is 9.20 Å². The van der Waals surface area contributed by atoms with Crippen molar-refractivity contribution >= 4 is 22.6 Å². The lowest BCUT2D eigenvalue weighted by Crippen LogP contribution is -2.30. The molecule has 0 bridgehead atoms. The molecule has 1 aromatic carbocycles. The average molecular weight is 459 g/mol. The Morgan fingerprint density at radius 3 is 2.70 bits per heavy atom. The summed E-state index contributed by atoms with van der Waals surface area (Å²) in [6.07, 6.45) is -1.34. The Morgan fingerprint density at radius 2 is 2.00 bits per heavy atom. The first-order valence-corrected chi connectivity index (χ1v) is 10.3. The number of likely N-dealkylation sites (tertiary alicyclic amines) is 1. The van der Waals surface area contributed by atoms with E-state index >= 15 is 0 Å². The van der Waals surface area contributed by atoms with Gasteiger partial charge in [0.05, 0.1) is 35.1 Å². The summed E-state index contributed by atoms with van der Waals surface area (Å²) in [7, 11) is 0. The summed E-state index contributed by atoms with van der Waals surface area (Å²) >= 11 is 0. The molecule has 0 aliphatic carbocycles. The Hall–Kier alpha value is -3.60. The molecule has 11 heteroatoms. The minimum absolute atomic E-state index is 0.0904. The van der Waals surface area contributed by atoms with Gasteiger partial charge in [-0.05, 0) is 30.3 Å². The van der Waals surface area contributed by atoms with Crippen LogP contribution in [0.3, 0.4) is 0 Å². The van der Waals surface area contributed by atoms with E-state index in [0.29, 0.717) is 34.7 Å². The van der Waals surface area contributed by atoms with Crippen LogP contribution in [0.1, 0.15) is 25.2 Å². The summed E-state index contributed by atoms with van der Waals surface area (Å²) < 4.78 is 44.0. The molecule has 5 rings (SSSR count). The van der Waals surface area contributed by atoms with Crippen LogP contribution in [-0.4, -0.2) is 60.7 Å². The van der Waals surface area contributed by atoms with Crippen molar-refractivity contribution in [1.29, 1.82) is 0 Å². The van der Waals surface area contributed by atoms with Gasteiger partial charge in [0, 0.05) is 31.6 Å². The third-order valence-electron chi connectivity index (χ3n) is 5.71. The number of hydrogen-bond donors (Lipinski definition) is 2. The number of hydrogen-bond acceptors (Lipinski definition) is 5. The number of nitrogens with one attached hydrogen (secondary N) is 1. The number of rotatable bonds is 4. The Balaban J connectivity index is 1.61. The molecule has 8 nitrogen and oxygen atoms in total. The second-order valence-electron chi connectivity index (χ2n) is 8.01. The summed E-state index contributed by atoms with van der Waals surface area (Å²) in [5.41, 5.74) is 3.29. The van der Waals surface area contributed by atoms with Crippen LogP contribution < -0.4 is 4.74 Å². The van der Waals surface area contributed by atoms with Crippen molar-refractivity contribution < 1.29 is 27.8 Å². The first-order chi connectivity index (χ1) is 15.7. The first-order valence-electron chi connectivity index (χ1n) is 10.3. The number of carbonyl (C=O) groups excluding carboxylic acids is 1. The first kappa shape index (κ1) is 21.3. The van der Waals surface area contributed by atoms with Crippen LogP contribution in [0.15, 0.2) is 42.7 Å². The lowest BCUT2D eigenvalue weighted by Gasteiger charge is -2.22. The smallest absolute Gasteiger partial charge is 0.422 e. The van der Waals surface area contributed by atoms with E-state index in [1.165, 1.54) is 19.1 Å². The molecule has 1 saturated heterocycles. The molecule has 1 amide bonds. The van der Waals surface area contributed by atoms with Gasteiger partial charge in [-0.15, -0.1) is 0 Å². The topological polar surface area (TPSA) is 95.8 Å². The quantitative estimate of drug-likeness (QED) is 0.487. The van der Waals surface area contributed by atoms with Gasteiger partial charge in [0.2, 0.25) is 5.91 Å². The minimum Gasteiger partial charge on any atom is -0.484 e. The largest absolute Gasteiger partial charge is 0.484 e. The Morgan fingerprint density at radius 1 is 1.24 bits per heavy atom. The van der Waals surface area contributed by atoms with E-state index < -0.39 is 24.9 Å². The highest BCUT2D eigenvalue weighted by atomic mass is 19.4. The standard InChI is InChI=1S/C22H20F3N5O3/c1-12(31)29-10-14(32)8-17(29)21-28-19(18-9-27-20-16(30(18)21)6-7-26-20)13-2-4-15(5-3-13)33-11-22(23,24)25/h2-7,9,14,17,26,32H,8,10-11H2,1H3. The Labute approximate surface area is 185 Å². The molecule has 4 aromatic rings. The SMILES string of the molecule is CC(=O)N1CC(O)CC1c1nc(-c2ccc(OCC(F)(F)F)cc2)c2cnc3[nH]ccc3n12.